The van der Waals surface area contributed by atoms with E-state index in [1.165, 1.54) is 44.2 Å². The molecule has 2 aliphatic heterocycles. The fraction of sp³-hybridized carbons (Fsp3) is 0.647. The van der Waals surface area contributed by atoms with E-state index in [4.69, 9.17) is 4.74 Å². The predicted octanol–water partition coefficient (Wildman–Crippen LogP) is 3.72. The van der Waals surface area contributed by atoms with Gasteiger partial charge in [-0.05, 0) is 69.0 Å². The second-order valence-corrected chi connectivity index (χ2v) is 6.20. The molecule has 0 spiro atoms. The highest BCUT2D eigenvalue weighted by Gasteiger charge is 2.23. The van der Waals surface area contributed by atoms with Gasteiger partial charge in [0.05, 0.1) is 6.61 Å². The van der Waals surface area contributed by atoms with Gasteiger partial charge in [0.15, 0.2) is 0 Å². The van der Waals surface area contributed by atoms with Gasteiger partial charge in [0, 0.05) is 6.04 Å². The molecule has 1 saturated heterocycles. The number of rotatable bonds is 3. The van der Waals surface area contributed by atoms with Crippen LogP contribution in [0.2, 0.25) is 0 Å². The summed E-state index contributed by atoms with van der Waals surface area (Å²) in [6.07, 6.45) is 6.61. The molecular weight excluding hydrogens is 234 g/mol. The summed E-state index contributed by atoms with van der Waals surface area (Å²) < 4.78 is 5.75. The number of ether oxygens (including phenoxy) is 1. The molecule has 104 valence electrons. The van der Waals surface area contributed by atoms with E-state index >= 15 is 0 Å². The predicted molar refractivity (Wildman–Crippen MR) is 78.7 cm³/mol. The molecule has 0 amide bonds. The van der Waals surface area contributed by atoms with E-state index in [2.05, 4.69) is 36.5 Å². The highest BCUT2D eigenvalue weighted by Crippen LogP contribution is 2.37. The molecule has 2 heteroatoms. The average molecular weight is 259 g/mol. The van der Waals surface area contributed by atoms with Crippen LogP contribution in [0.3, 0.4) is 0 Å². The number of fused-ring (bicyclic) bond motifs is 1. The summed E-state index contributed by atoms with van der Waals surface area (Å²) >= 11 is 0. The van der Waals surface area contributed by atoms with Gasteiger partial charge in [-0.25, -0.2) is 0 Å². The summed E-state index contributed by atoms with van der Waals surface area (Å²) in [6.45, 7) is 4.40. The number of benzene rings is 1. The Kier molecular flexibility index (Phi) is 4.07. The largest absolute Gasteiger partial charge is 0.493 e. The zero-order valence-electron chi connectivity index (χ0n) is 11.9. The molecular formula is C17H25NO. The maximum Gasteiger partial charge on any atom is 0.122 e. The van der Waals surface area contributed by atoms with E-state index in [-0.39, 0.29) is 0 Å². The summed E-state index contributed by atoms with van der Waals surface area (Å²) in [5, 5.41) is 3.61. The Balaban J connectivity index is 1.56. The van der Waals surface area contributed by atoms with Crippen molar-refractivity contribution in [2.24, 2.45) is 5.92 Å². The van der Waals surface area contributed by atoms with Crippen LogP contribution < -0.4 is 10.1 Å². The average Bonchev–Trinajstić information content (AvgIpc) is 2.47. The van der Waals surface area contributed by atoms with Crippen molar-refractivity contribution in [2.45, 2.75) is 51.0 Å². The van der Waals surface area contributed by atoms with Gasteiger partial charge >= 0.3 is 0 Å². The Morgan fingerprint density at radius 2 is 2.05 bits per heavy atom. The van der Waals surface area contributed by atoms with Crippen LogP contribution in [-0.4, -0.2) is 19.2 Å². The quantitative estimate of drug-likeness (QED) is 0.893. The smallest absolute Gasteiger partial charge is 0.122 e. The number of piperidine rings is 1. The fourth-order valence-corrected chi connectivity index (χ4v) is 3.46. The van der Waals surface area contributed by atoms with Gasteiger partial charge in [-0.3, -0.25) is 0 Å². The van der Waals surface area contributed by atoms with Crippen LogP contribution in [0.25, 0.3) is 0 Å². The number of hydrogen-bond donors (Lipinski definition) is 1. The van der Waals surface area contributed by atoms with E-state index in [1.807, 2.05) is 0 Å². The van der Waals surface area contributed by atoms with E-state index in [0.29, 0.717) is 5.92 Å². The first kappa shape index (κ1) is 13.0. The topological polar surface area (TPSA) is 21.3 Å². The Bertz CT molecular complexity index is 409. The number of nitrogens with one attached hydrogen (secondary N) is 1. The highest BCUT2D eigenvalue weighted by molar-refractivity contribution is 5.37. The van der Waals surface area contributed by atoms with Crippen LogP contribution in [0.5, 0.6) is 5.75 Å². The van der Waals surface area contributed by atoms with Crippen LogP contribution in [-0.2, 0) is 0 Å². The van der Waals surface area contributed by atoms with Crippen LogP contribution in [0.4, 0.5) is 0 Å². The Morgan fingerprint density at radius 1 is 1.16 bits per heavy atom. The van der Waals surface area contributed by atoms with Gasteiger partial charge in [-0.15, -0.1) is 0 Å². The van der Waals surface area contributed by atoms with Crippen molar-refractivity contribution in [2.75, 3.05) is 13.2 Å². The van der Waals surface area contributed by atoms with Gasteiger partial charge in [0.1, 0.15) is 5.75 Å². The molecule has 1 aromatic carbocycles. The van der Waals surface area contributed by atoms with Crippen LogP contribution in [0.1, 0.15) is 50.5 Å². The first-order chi connectivity index (χ1) is 9.33. The zero-order valence-corrected chi connectivity index (χ0v) is 11.9. The number of para-hydroxylation sites is 1. The molecule has 3 rings (SSSR count). The summed E-state index contributed by atoms with van der Waals surface area (Å²) in [7, 11) is 0. The van der Waals surface area contributed by atoms with Crippen LogP contribution in [0, 0.1) is 5.92 Å². The van der Waals surface area contributed by atoms with Crippen molar-refractivity contribution >= 4 is 0 Å². The summed E-state index contributed by atoms with van der Waals surface area (Å²) in [6, 6.07) is 9.31. The van der Waals surface area contributed by atoms with Crippen molar-refractivity contribution in [3.05, 3.63) is 29.8 Å². The molecule has 0 saturated carbocycles. The molecule has 3 unspecified atom stereocenters. The van der Waals surface area contributed by atoms with Crippen molar-refractivity contribution in [3.63, 3.8) is 0 Å². The molecule has 1 fully saturated rings. The second kappa shape index (κ2) is 5.96. The van der Waals surface area contributed by atoms with E-state index in [0.717, 1.165) is 24.3 Å². The molecule has 3 atom stereocenters. The maximum atomic E-state index is 5.75. The second-order valence-electron chi connectivity index (χ2n) is 6.20. The van der Waals surface area contributed by atoms with Crippen LogP contribution in [0.15, 0.2) is 24.3 Å². The van der Waals surface area contributed by atoms with Crippen molar-refractivity contribution in [3.8, 4) is 5.75 Å². The van der Waals surface area contributed by atoms with Gasteiger partial charge in [0.25, 0.3) is 0 Å². The Hall–Kier alpha value is -1.02. The molecule has 0 bridgehead atoms. The van der Waals surface area contributed by atoms with E-state index in [9.17, 15) is 0 Å². The standard InChI is InChI=1S/C17H25NO/c1-13-6-7-14(12-18-13)8-9-15-10-11-19-17-5-3-2-4-16(15)17/h2-5,13-15,18H,6-12H2,1H3. The molecule has 1 N–H and O–H groups in total. The molecule has 2 nitrogen and oxygen atoms in total. The van der Waals surface area contributed by atoms with Gasteiger partial charge in [0.2, 0.25) is 0 Å². The Labute approximate surface area is 116 Å². The molecule has 2 heterocycles. The molecule has 1 aromatic rings. The molecule has 0 radical (unpaired) electrons. The normalized spacial score (nSPS) is 30.5. The summed E-state index contributed by atoms with van der Waals surface area (Å²) in [4.78, 5) is 0. The minimum Gasteiger partial charge on any atom is -0.493 e. The van der Waals surface area contributed by atoms with Crippen molar-refractivity contribution in [1.82, 2.24) is 5.32 Å². The molecule has 0 aromatic heterocycles. The molecule has 2 aliphatic rings. The van der Waals surface area contributed by atoms with E-state index in [1.54, 1.807) is 0 Å². The minimum absolute atomic E-state index is 0.712. The minimum atomic E-state index is 0.712. The first-order valence-corrected chi connectivity index (χ1v) is 7.78. The number of hydrogen-bond acceptors (Lipinski definition) is 2. The third-order valence-electron chi connectivity index (χ3n) is 4.77. The van der Waals surface area contributed by atoms with Gasteiger partial charge < -0.3 is 10.1 Å². The van der Waals surface area contributed by atoms with Crippen molar-refractivity contribution in [1.29, 1.82) is 0 Å². The van der Waals surface area contributed by atoms with Gasteiger partial charge in [-0.1, -0.05) is 18.2 Å². The summed E-state index contributed by atoms with van der Waals surface area (Å²) in [5.41, 5.74) is 1.44. The van der Waals surface area contributed by atoms with Crippen molar-refractivity contribution < 1.29 is 4.74 Å². The lowest BCUT2D eigenvalue weighted by molar-refractivity contribution is 0.247. The molecule has 19 heavy (non-hydrogen) atoms. The zero-order chi connectivity index (χ0) is 13.1. The maximum absolute atomic E-state index is 5.75. The highest BCUT2D eigenvalue weighted by atomic mass is 16.5. The third kappa shape index (κ3) is 3.11. The Morgan fingerprint density at radius 3 is 2.89 bits per heavy atom. The third-order valence-corrected chi connectivity index (χ3v) is 4.77. The first-order valence-electron chi connectivity index (χ1n) is 7.78. The van der Waals surface area contributed by atoms with Crippen LogP contribution >= 0.6 is 0 Å². The lowest BCUT2D eigenvalue weighted by Crippen LogP contribution is -2.36. The fourth-order valence-electron chi connectivity index (χ4n) is 3.46. The van der Waals surface area contributed by atoms with E-state index < -0.39 is 0 Å². The monoisotopic (exact) mass is 259 g/mol. The lowest BCUT2D eigenvalue weighted by Gasteiger charge is -2.30. The summed E-state index contributed by atoms with van der Waals surface area (Å²) in [5.74, 6) is 2.71. The SMILES string of the molecule is CC1CCC(CCC2CCOc3ccccc32)CN1. The lowest BCUT2D eigenvalue weighted by atomic mass is 9.84. The molecule has 0 aliphatic carbocycles. The van der Waals surface area contributed by atoms with Gasteiger partial charge in [-0.2, -0.15) is 0 Å².